The van der Waals surface area contributed by atoms with Gasteiger partial charge in [-0.25, -0.2) is 0 Å². The van der Waals surface area contributed by atoms with Crippen LogP contribution >= 0.6 is 11.8 Å². The Labute approximate surface area is 141 Å². The van der Waals surface area contributed by atoms with Crippen LogP contribution in [0.2, 0.25) is 0 Å². The monoisotopic (exact) mass is 339 g/mol. The van der Waals surface area contributed by atoms with Gasteiger partial charge in [0.1, 0.15) is 0 Å². The first-order valence-electron chi connectivity index (χ1n) is 8.30. The molecule has 0 spiro atoms. The molecule has 1 aromatic rings. The largest absolute Gasteiger partial charge is 0.383 e. The first-order chi connectivity index (χ1) is 11.2. The van der Waals surface area contributed by atoms with E-state index in [4.69, 9.17) is 4.74 Å². The van der Waals surface area contributed by atoms with Gasteiger partial charge in [0.05, 0.1) is 12.4 Å². The molecule has 0 bridgehead atoms. The van der Waals surface area contributed by atoms with Crippen molar-refractivity contribution in [2.24, 2.45) is 0 Å². The summed E-state index contributed by atoms with van der Waals surface area (Å²) in [4.78, 5) is 14.3. The summed E-state index contributed by atoms with van der Waals surface area (Å²) in [5, 5.41) is 12.5. The molecule has 7 nitrogen and oxygen atoms in total. The van der Waals surface area contributed by atoms with E-state index in [-0.39, 0.29) is 11.9 Å². The molecule has 1 saturated heterocycles. The van der Waals surface area contributed by atoms with Gasteiger partial charge in [0.25, 0.3) is 0 Å². The third kappa shape index (κ3) is 4.17. The number of aromatic nitrogens is 3. The van der Waals surface area contributed by atoms with E-state index >= 15 is 0 Å². The van der Waals surface area contributed by atoms with Crippen LogP contribution in [0.15, 0.2) is 5.16 Å². The van der Waals surface area contributed by atoms with Crippen LogP contribution in [-0.4, -0.2) is 59.3 Å². The topological polar surface area (TPSA) is 72.3 Å². The summed E-state index contributed by atoms with van der Waals surface area (Å²) in [5.74, 6) is 1.35. The summed E-state index contributed by atoms with van der Waals surface area (Å²) in [6.45, 7) is 4.58. The SMILES string of the molecule is COCC(C)NC(=O)CSc1nnc(N2CCCC2)n1C1CC1. The molecule has 2 heterocycles. The molecule has 1 unspecified atom stereocenters. The van der Waals surface area contributed by atoms with Crippen molar-refractivity contribution >= 4 is 23.6 Å². The van der Waals surface area contributed by atoms with Crippen LogP contribution in [0.4, 0.5) is 5.95 Å². The quantitative estimate of drug-likeness (QED) is 0.723. The van der Waals surface area contributed by atoms with Gasteiger partial charge in [-0.2, -0.15) is 0 Å². The Hall–Kier alpha value is -1.28. The Bertz CT molecular complexity index is 540. The molecule has 0 radical (unpaired) electrons. The third-order valence-corrected chi connectivity index (χ3v) is 5.05. The fourth-order valence-electron chi connectivity index (χ4n) is 2.89. The van der Waals surface area contributed by atoms with Crippen molar-refractivity contribution in [3.63, 3.8) is 0 Å². The minimum absolute atomic E-state index is 0.00706. The Morgan fingerprint density at radius 1 is 1.39 bits per heavy atom. The fraction of sp³-hybridized carbons (Fsp3) is 0.800. The lowest BCUT2D eigenvalue weighted by Gasteiger charge is -2.18. The summed E-state index contributed by atoms with van der Waals surface area (Å²) < 4.78 is 7.27. The minimum Gasteiger partial charge on any atom is -0.383 e. The van der Waals surface area contributed by atoms with Gasteiger partial charge < -0.3 is 15.0 Å². The molecule has 128 valence electrons. The van der Waals surface area contributed by atoms with Gasteiger partial charge in [-0.05, 0) is 32.6 Å². The number of anilines is 1. The van der Waals surface area contributed by atoms with Crippen molar-refractivity contribution in [2.75, 3.05) is 37.5 Å². The normalized spacial score (nSPS) is 19.1. The number of rotatable bonds is 8. The van der Waals surface area contributed by atoms with Crippen molar-refractivity contribution in [3.8, 4) is 0 Å². The average Bonchev–Trinajstić information content (AvgIpc) is 3.05. The summed E-state index contributed by atoms with van der Waals surface area (Å²) in [7, 11) is 1.63. The Balaban J connectivity index is 1.60. The Morgan fingerprint density at radius 3 is 2.78 bits per heavy atom. The van der Waals surface area contributed by atoms with Crippen LogP contribution in [-0.2, 0) is 9.53 Å². The van der Waals surface area contributed by atoms with E-state index in [0.29, 0.717) is 18.4 Å². The summed E-state index contributed by atoms with van der Waals surface area (Å²) in [5.41, 5.74) is 0. The molecule has 1 N–H and O–H groups in total. The zero-order valence-corrected chi connectivity index (χ0v) is 14.6. The number of ether oxygens (including phenoxy) is 1. The van der Waals surface area contributed by atoms with Crippen LogP contribution in [0, 0.1) is 0 Å². The van der Waals surface area contributed by atoms with Crippen LogP contribution < -0.4 is 10.2 Å². The van der Waals surface area contributed by atoms with E-state index in [0.717, 1.165) is 24.2 Å². The molecule has 3 rings (SSSR count). The van der Waals surface area contributed by atoms with Gasteiger partial charge in [0, 0.05) is 32.3 Å². The highest BCUT2D eigenvalue weighted by molar-refractivity contribution is 7.99. The molecule has 1 atom stereocenters. The molecule has 1 aliphatic heterocycles. The number of thioether (sulfide) groups is 1. The number of methoxy groups -OCH3 is 1. The van der Waals surface area contributed by atoms with Gasteiger partial charge in [-0.15, -0.1) is 10.2 Å². The lowest BCUT2D eigenvalue weighted by molar-refractivity contribution is -0.119. The predicted molar refractivity (Wildman–Crippen MR) is 89.9 cm³/mol. The molecular weight excluding hydrogens is 314 g/mol. The number of nitrogens with zero attached hydrogens (tertiary/aromatic N) is 4. The number of carbonyl (C=O) groups excluding carboxylic acids is 1. The van der Waals surface area contributed by atoms with Crippen LogP contribution in [0.1, 0.15) is 38.6 Å². The maximum Gasteiger partial charge on any atom is 0.230 e. The van der Waals surface area contributed by atoms with Crippen molar-refractivity contribution < 1.29 is 9.53 Å². The lowest BCUT2D eigenvalue weighted by Crippen LogP contribution is -2.36. The molecule has 23 heavy (non-hydrogen) atoms. The Morgan fingerprint density at radius 2 is 2.13 bits per heavy atom. The van der Waals surface area contributed by atoms with Crippen LogP contribution in [0.25, 0.3) is 0 Å². The molecule has 1 amide bonds. The van der Waals surface area contributed by atoms with Gasteiger partial charge in [0.2, 0.25) is 11.9 Å². The highest BCUT2D eigenvalue weighted by Crippen LogP contribution is 2.41. The summed E-state index contributed by atoms with van der Waals surface area (Å²) in [6, 6.07) is 0.535. The van der Waals surface area contributed by atoms with E-state index in [1.807, 2.05) is 6.92 Å². The zero-order valence-electron chi connectivity index (χ0n) is 13.8. The smallest absolute Gasteiger partial charge is 0.230 e. The summed E-state index contributed by atoms with van der Waals surface area (Å²) >= 11 is 1.47. The maximum absolute atomic E-state index is 12.0. The number of nitrogens with one attached hydrogen (secondary N) is 1. The molecule has 2 aliphatic rings. The molecule has 1 saturated carbocycles. The van der Waals surface area contributed by atoms with Crippen LogP contribution in [0.3, 0.4) is 0 Å². The first kappa shape index (κ1) is 16.6. The van der Waals surface area contributed by atoms with Gasteiger partial charge in [-0.1, -0.05) is 11.8 Å². The minimum atomic E-state index is 0.00706. The number of carbonyl (C=O) groups is 1. The highest BCUT2D eigenvalue weighted by atomic mass is 32.2. The number of amides is 1. The Kier molecular flexibility index (Phi) is 5.42. The first-order valence-corrected chi connectivity index (χ1v) is 9.28. The molecular formula is C15H25N5O2S. The molecule has 2 fully saturated rings. The lowest BCUT2D eigenvalue weighted by atomic mass is 10.3. The van der Waals surface area contributed by atoms with E-state index < -0.39 is 0 Å². The molecule has 0 aromatic carbocycles. The standard InChI is InChI=1S/C15H25N5O2S/c1-11(9-22-2)16-13(21)10-23-15-18-17-14(19-7-3-4-8-19)20(15)12-5-6-12/h11-12H,3-10H2,1-2H3,(H,16,21). The van der Waals surface area contributed by atoms with Gasteiger partial charge in [-0.3, -0.25) is 9.36 Å². The second-order valence-corrected chi connectivity index (χ2v) is 7.23. The maximum atomic E-state index is 12.0. The third-order valence-electron chi connectivity index (χ3n) is 4.10. The van der Waals surface area contributed by atoms with Crippen molar-refractivity contribution in [1.29, 1.82) is 0 Å². The molecule has 8 heteroatoms. The van der Waals surface area contributed by atoms with E-state index in [9.17, 15) is 4.79 Å². The fourth-order valence-corrected chi connectivity index (χ4v) is 3.70. The summed E-state index contributed by atoms with van der Waals surface area (Å²) in [6.07, 6.45) is 4.81. The predicted octanol–water partition coefficient (Wildman–Crippen LogP) is 1.46. The second-order valence-electron chi connectivity index (χ2n) is 6.29. The number of hydrogen-bond donors (Lipinski definition) is 1. The average molecular weight is 339 g/mol. The van der Waals surface area contributed by atoms with E-state index in [1.54, 1.807) is 7.11 Å². The molecule has 1 aliphatic carbocycles. The van der Waals surface area contributed by atoms with Gasteiger partial charge in [0.15, 0.2) is 5.16 Å². The van der Waals surface area contributed by atoms with Crippen molar-refractivity contribution in [3.05, 3.63) is 0 Å². The molecule has 1 aromatic heterocycles. The highest BCUT2D eigenvalue weighted by Gasteiger charge is 2.32. The van der Waals surface area contributed by atoms with Crippen molar-refractivity contribution in [1.82, 2.24) is 20.1 Å². The van der Waals surface area contributed by atoms with Crippen LogP contribution in [0.5, 0.6) is 0 Å². The van der Waals surface area contributed by atoms with Crippen molar-refractivity contribution in [2.45, 2.75) is 49.8 Å². The second kappa shape index (κ2) is 7.53. The zero-order chi connectivity index (χ0) is 16.2. The van der Waals surface area contributed by atoms with E-state index in [2.05, 4.69) is 25.0 Å². The van der Waals surface area contributed by atoms with Gasteiger partial charge >= 0.3 is 0 Å². The number of hydrogen-bond acceptors (Lipinski definition) is 6. The van der Waals surface area contributed by atoms with E-state index in [1.165, 1.54) is 37.4 Å².